The van der Waals surface area contributed by atoms with Gasteiger partial charge in [0, 0.05) is 5.88 Å². The van der Waals surface area contributed by atoms with Gasteiger partial charge in [-0.25, -0.2) is 8.75 Å². The number of amides is 1. The van der Waals surface area contributed by atoms with E-state index in [0.717, 1.165) is 11.8 Å². The van der Waals surface area contributed by atoms with E-state index in [-0.39, 0.29) is 12.1 Å². The van der Waals surface area contributed by atoms with Crippen LogP contribution in [0.4, 0.5) is 0 Å². The van der Waals surface area contributed by atoms with Gasteiger partial charge < -0.3 is 14.6 Å². The van der Waals surface area contributed by atoms with E-state index in [0.29, 0.717) is 18.1 Å². The van der Waals surface area contributed by atoms with E-state index in [1.165, 1.54) is 10.2 Å². The number of nitrogens with two attached hydrogens (primary N) is 1. The van der Waals surface area contributed by atoms with Crippen molar-refractivity contribution in [1.29, 1.82) is 0 Å². The van der Waals surface area contributed by atoms with Gasteiger partial charge in [0.2, 0.25) is 5.91 Å². The van der Waals surface area contributed by atoms with Gasteiger partial charge >= 0.3 is 5.69 Å². The van der Waals surface area contributed by atoms with Gasteiger partial charge in [0.1, 0.15) is 18.1 Å². The molecule has 8 heteroatoms. The number of aryl methyl sites for hydroxylation is 1. The largest absolute Gasteiger partial charge is 0.393 e. The maximum Gasteiger partial charge on any atom is 0.337 e. The molecule has 1 amide bonds. The van der Waals surface area contributed by atoms with Crippen LogP contribution in [0.3, 0.4) is 0 Å². The summed E-state index contributed by atoms with van der Waals surface area (Å²) in [6.45, 7) is 0.343. The molecule has 0 saturated carbocycles. The van der Waals surface area contributed by atoms with Gasteiger partial charge in [-0.3, -0.25) is 4.79 Å². The molecule has 84 valence electrons. The zero-order valence-electron chi connectivity index (χ0n) is 7.73. The Kier molecular flexibility index (Phi) is 4.44. The number of carbonyl (C=O) groups is 1. The number of primary amides is 1. The van der Waals surface area contributed by atoms with Gasteiger partial charge in [-0.15, -0.1) is 11.6 Å². The highest BCUT2D eigenvalue weighted by atomic mass is 35.5. The fourth-order valence-corrected chi connectivity index (χ4v) is 1.70. The van der Waals surface area contributed by atoms with E-state index < -0.39 is 5.91 Å². The summed E-state index contributed by atoms with van der Waals surface area (Å²) in [6.07, 6.45) is 1.21. The monoisotopic (exact) mass is 251 g/mol. The molecule has 0 aliphatic heterocycles. The normalized spacial score (nSPS) is 9.93. The lowest BCUT2D eigenvalue weighted by Gasteiger charge is -1.93. The molecule has 0 spiro atoms. The summed E-state index contributed by atoms with van der Waals surface area (Å²) in [7, 11) is 0. The molecule has 0 aromatic carbocycles. The first-order valence-electron chi connectivity index (χ1n) is 4.08. The quantitative estimate of drug-likeness (QED) is 0.750. The van der Waals surface area contributed by atoms with E-state index in [1.807, 2.05) is 0 Å². The number of hydrogen-bond donors (Lipinski definition) is 2. The summed E-state index contributed by atoms with van der Waals surface area (Å²) >= 11 is 6.35. The second-order valence-electron chi connectivity index (χ2n) is 2.68. The highest BCUT2D eigenvalue weighted by molar-refractivity contribution is 6.96. The number of H-pyrrole nitrogens is 1. The van der Waals surface area contributed by atoms with Crippen molar-refractivity contribution in [2.24, 2.45) is 5.73 Å². The Morgan fingerprint density at radius 1 is 1.73 bits per heavy atom. The van der Waals surface area contributed by atoms with Crippen molar-refractivity contribution in [3.8, 4) is 0 Å². The minimum absolute atomic E-state index is 0.0684. The number of hydrogen-bond acceptors (Lipinski definition) is 4. The van der Waals surface area contributed by atoms with Gasteiger partial charge in [-0.05, 0) is 0 Å². The molecule has 15 heavy (non-hydrogen) atoms. The number of alkyl halides is 1. The van der Waals surface area contributed by atoms with Crippen LogP contribution in [0.25, 0.3) is 0 Å². The van der Waals surface area contributed by atoms with Crippen LogP contribution in [-0.4, -0.2) is 20.7 Å². The third-order valence-corrected chi connectivity index (χ3v) is 2.35. The Balaban J connectivity index is 3.06. The molecule has 0 radical (unpaired) electrons. The number of aromatic nitrogens is 2. The van der Waals surface area contributed by atoms with Crippen LogP contribution in [0.2, 0.25) is 0 Å². The number of rotatable bonds is 4. The molecule has 0 aliphatic carbocycles. The van der Waals surface area contributed by atoms with Crippen molar-refractivity contribution in [2.45, 2.75) is 13.0 Å². The zero-order valence-corrected chi connectivity index (χ0v) is 9.31. The molecule has 0 unspecified atom stereocenters. The Bertz CT molecular complexity index is 429. The maximum absolute atomic E-state index is 11.5. The smallest absolute Gasteiger partial charge is 0.337 e. The van der Waals surface area contributed by atoms with Crippen LogP contribution in [0.1, 0.15) is 5.69 Å². The molecule has 0 saturated heterocycles. The first-order valence-corrected chi connectivity index (χ1v) is 5.32. The molecule has 0 aliphatic rings. The van der Waals surface area contributed by atoms with Crippen molar-refractivity contribution in [2.75, 3.05) is 5.88 Å². The van der Waals surface area contributed by atoms with Crippen molar-refractivity contribution < 1.29 is 8.64 Å². The Labute approximate surface area is 94.3 Å². The summed E-state index contributed by atoms with van der Waals surface area (Å²) in [5.41, 5.74) is 4.93. The summed E-state index contributed by atoms with van der Waals surface area (Å²) in [5, 5.41) is 0. The van der Waals surface area contributed by atoms with Crippen LogP contribution in [0.15, 0.2) is 14.9 Å². The molecule has 1 rings (SSSR count). The van der Waals surface area contributed by atoms with Crippen LogP contribution in [0.5, 0.6) is 0 Å². The SMILES string of the molecule is NC(=O)Cc1cosn(CCCl)c(=O)[nH]1. The van der Waals surface area contributed by atoms with Gasteiger partial charge in [0.05, 0.1) is 18.7 Å². The average Bonchev–Trinajstić information content (AvgIpc) is 2.29. The molecular weight excluding hydrogens is 242 g/mol. The summed E-state index contributed by atoms with van der Waals surface area (Å²) < 4.78 is 6.28. The van der Waals surface area contributed by atoms with E-state index in [1.54, 1.807) is 0 Å². The zero-order chi connectivity index (χ0) is 11.3. The van der Waals surface area contributed by atoms with Gasteiger partial charge in [-0.1, -0.05) is 0 Å². The fourth-order valence-electron chi connectivity index (χ4n) is 0.884. The topological polar surface area (TPSA) is 94.0 Å². The highest BCUT2D eigenvalue weighted by Gasteiger charge is 2.01. The molecule has 0 atom stereocenters. The lowest BCUT2D eigenvalue weighted by Crippen LogP contribution is -2.21. The molecular formula is C7H10ClN3O3S. The summed E-state index contributed by atoms with van der Waals surface area (Å²) in [5.74, 6) is -0.240. The highest BCUT2D eigenvalue weighted by Crippen LogP contribution is 1.96. The minimum Gasteiger partial charge on any atom is -0.393 e. The van der Waals surface area contributed by atoms with E-state index in [4.69, 9.17) is 21.2 Å². The average molecular weight is 252 g/mol. The van der Waals surface area contributed by atoms with Gasteiger partial charge in [0.25, 0.3) is 0 Å². The Hall–Kier alpha value is -1.21. The summed E-state index contributed by atoms with van der Waals surface area (Å²) in [4.78, 5) is 24.6. The number of aromatic amines is 1. The number of carbonyl (C=O) groups excluding carboxylic acids is 1. The van der Waals surface area contributed by atoms with Crippen LogP contribution < -0.4 is 11.4 Å². The van der Waals surface area contributed by atoms with E-state index in [9.17, 15) is 9.59 Å². The predicted octanol–water partition coefficient (Wildman–Crippen LogP) is 0.222. The van der Waals surface area contributed by atoms with Crippen molar-refractivity contribution in [3.63, 3.8) is 0 Å². The third-order valence-electron chi connectivity index (χ3n) is 1.47. The van der Waals surface area contributed by atoms with Gasteiger partial charge in [0.15, 0.2) is 0 Å². The molecule has 0 bridgehead atoms. The van der Waals surface area contributed by atoms with E-state index >= 15 is 0 Å². The lowest BCUT2D eigenvalue weighted by molar-refractivity contribution is -0.117. The molecule has 3 N–H and O–H groups in total. The van der Waals surface area contributed by atoms with Crippen LogP contribution in [0, 0.1) is 0 Å². The maximum atomic E-state index is 11.5. The standard InChI is InChI=1S/C7H10ClN3O3S/c8-1-2-11-7(13)10-5(3-6(9)12)4-14-15-11/h4H,1-3H2,(H2,9,12)(H,10,13). The molecule has 1 aromatic rings. The Morgan fingerprint density at radius 3 is 3.07 bits per heavy atom. The van der Waals surface area contributed by atoms with Crippen LogP contribution in [-0.2, 0) is 17.8 Å². The fraction of sp³-hybridized carbons (Fsp3) is 0.429. The van der Waals surface area contributed by atoms with Crippen molar-refractivity contribution >= 4 is 29.3 Å². The number of nitrogens with one attached hydrogen (secondary N) is 1. The van der Waals surface area contributed by atoms with Gasteiger partial charge in [-0.2, -0.15) is 0 Å². The second-order valence-corrected chi connectivity index (χ2v) is 3.84. The van der Waals surface area contributed by atoms with Crippen molar-refractivity contribution in [3.05, 3.63) is 22.4 Å². The predicted molar refractivity (Wildman–Crippen MR) is 56.4 cm³/mol. The number of halogens is 1. The molecule has 1 heterocycles. The summed E-state index contributed by atoms with van der Waals surface area (Å²) in [6, 6.07) is 0. The van der Waals surface area contributed by atoms with E-state index in [2.05, 4.69) is 4.98 Å². The second kappa shape index (κ2) is 5.62. The first-order chi connectivity index (χ1) is 7.13. The van der Waals surface area contributed by atoms with Crippen LogP contribution >= 0.6 is 23.4 Å². The Morgan fingerprint density at radius 2 is 2.47 bits per heavy atom. The third kappa shape index (κ3) is 3.80. The minimum atomic E-state index is -0.541. The molecule has 1 aromatic heterocycles. The molecule has 6 nitrogen and oxygen atoms in total. The number of nitrogens with zero attached hydrogens (tertiary/aromatic N) is 1. The lowest BCUT2D eigenvalue weighted by atomic mass is 10.3. The van der Waals surface area contributed by atoms with Crippen molar-refractivity contribution in [1.82, 2.24) is 8.94 Å². The first kappa shape index (κ1) is 11.9. The molecule has 0 fully saturated rings.